The Bertz CT molecular complexity index is 1070. The molecule has 3 rings (SSSR count). The lowest BCUT2D eigenvalue weighted by molar-refractivity contribution is -0.0502. The van der Waals surface area contributed by atoms with Gasteiger partial charge in [-0.25, -0.2) is 23.7 Å². The monoisotopic (exact) mass is 508 g/mol. The average molecular weight is 508 g/mol. The van der Waals surface area contributed by atoms with E-state index in [9.17, 15) is 29.0 Å². The van der Waals surface area contributed by atoms with Crippen LogP contribution in [0.2, 0.25) is 0 Å². The lowest BCUT2D eigenvalue weighted by Gasteiger charge is -2.21. The van der Waals surface area contributed by atoms with E-state index in [1.807, 2.05) is 0 Å². The highest BCUT2D eigenvalue weighted by Gasteiger charge is 2.48. The van der Waals surface area contributed by atoms with Gasteiger partial charge in [-0.05, 0) is 0 Å². The van der Waals surface area contributed by atoms with Crippen molar-refractivity contribution in [3.05, 3.63) is 12.7 Å². The summed E-state index contributed by atoms with van der Waals surface area (Å²) < 4.78 is 52.5. The van der Waals surface area contributed by atoms with Gasteiger partial charge in [0.15, 0.2) is 17.4 Å². The second-order valence-corrected chi connectivity index (χ2v) is 10.4. The Kier molecular flexibility index (Phi) is 6.68. The molecule has 174 valence electrons. The zero-order valence-corrected chi connectivity index (χ0v) is 17.5. The quantitative estimate of drug-likeness (QED) is 0.200. The van der Waals surface area contributed by atoms with E-state index >= 15 is 0 Å². The van der Waals surface area contributed by atoms with E-state index in [4.69, 9.17) is 24.3 Å². The highest BCUT2D eigenvalue weighted by molar-refractivity contribution is 7.66. The number of aromatic nitrogens is 4. The number of hydrogen-bond acceptors (Lipinski definition) is 13. The summed E-state index contributed by atoms with van der Waals surface area (Å²) in [7, 11) is -16.8. The lowest BCUT2D eigenvalue weighted by atomic mass is 10.1. The summed E-state index contributed by atoms with van der Waals surface area (Å²) in [6.07, 6.45) is -4.27. The van der Waals surface area contributed by atoms with Crippen LogP contribution in [0.15, 0.2) is 12.7 Å². The zero-order chi connectivity index (χ0) is 23.2. The molecule has 2 aromatic heterocycles. The normalized spacial score (nSPS) is 25.4. The maximum atomic E-state index is 12.2. The summed E-state index contributed by atoms with van der Waals surface area (Å²) in [6.45, 7) is -1.06. The Morgan fingerprint density at radius 3 is 2.19 bits per heavy atom. The first-order valence-electron chi connectivity index (χ1n) is 7.85. The molecule has 2 aromatic rings. The van der Waals surface area contributed by atoms with Crippen molar-refractivity contribution in [3.8, 4) is 5.88 Å². The lowest BCUT2D eigenvalue weighted by Crippen LogP contribution is -2.33. The van der Waals surface area contributed by atoms with Crippen molar-refractivity contribution in [1.82, 2.24) is 19.5 Å². The van der Waals surface area contributed by atoms with Crippen LogP contribution in [0.3, 0.4) is 0 Å². The van der Waals surface area contributed by atoms with E-state index in [2.05, 4.69) is 28.1 Å². The summed E-state index contributed by atoms with van der Waals surface area (Å²) in [5.74, 6) is -0.471. The topological polar surface area (TPSA) is 273 Å². The molecule has 3 heterocycles. The van der Waals surface area contributed by atoms with E-state index in [0.717, 1.165) is 17.2 Å². The van der Waals surface area contributed by atoms with Crippen LogP contribution in [0.5, 0.6) is 5.88 Å². The number of aromatic hydroxyl groups is 1. The Labute approximate surface area is 171 Å². The molecule has 0 aliphatic carbocycles. The molecule has 7 N–H and O–H groups in total. The number of phosphoric acid groups is 3. The summed E-state index contributed by atoms with van der Waals surface area (Å²) in [6, 6.07) is 0. The predicted molar refractivity (Wildman–Crippen MR) is 92.7 cm³/mol. The van der Waals surface area contributed by atoms with Gasteiger partial charge < -0.3 is 39.6 Å². The van der Waals surface area contributed by atoms with Crippen molar-refractivity contribution in [2.45, 2.75) is 24.5 Å². The molecule has 1 aliphatic heterocycles. The minimum Gasteiger partial charge on any atom is -0.492 e. The Morgan fingerprint density at radius 2 is 1.61 bits per heavy atom. The molecule has 21 heteroatoms. The second kappa shape index (κ2) is 8.53. The van der Waals surface area contributed by atoms with Gasteiger partial charge in [-0.2, -0.15) is 13.6 Å². The minimum atomic E-state index is -5.61. The fourth-order valence-electron chi connectivity index (χ4n) is 2.61. The Hall–Kier alpha value is -1.36. The van der Waals surface area contributed by atoms with Crippen molar-refractivity contribution in [2.24, 2.45) is 0 Å². The number of nitrogens with zero attached hydrogens (tertiary/aromatic N) is 4. The van der Waals surface area contributed by atoms with Gasteiger partial charge in [0.05, 0.1) is 12.9 Å². The number of rotatable bonds is 8. The first kappa shape index (κ1) is 24.3. The second-order valence-electron chi connectivity index (χ2n) is 5.96. The Morgan fingerprint density at radius 1 is 1.00 bits per heavy atom. The molecular formula is C10H15N4O14P3. The Balaban J connectivity index is 1.79. The number of hydrogen-bond donors (Lipinski definition) is 7. The fourth-order valence-corrected chi connectivity index (χ4v) is 5.79. The summed E-state index contributed by atoms with van der Waals surface area (Å²) in [5, 5.41) is 30.1. The molecule has 0 radical (unpaired) electrons. The molecule has 31 heavy (non-hydrogen) atoms. The number of aliphatic hydroxyl groups is 2. The highest BCUT2D eigenvalue weighted by atomic mass is 31.3. The van der Waals surface area contributed by atoms with Crippen LogP contribution in [0, 0.1) is 0 Å². The smallest absolute Gasteiger partial charge is 0.492 e. The highest BCUT2D eigenvalue weighted by Crippen LogP contribution is 2.67. The molecule has 1 saturated heterocycles. The van der Waals surface area contributed by atoms with Crippen molar-refractivity contribution in [1.29, 1.82) is 0 Å². The molecule has 0 bridgehead atoms. The van der Waals surface area contributed by atoms with Gasteiger partial charge in [0, 0.05) is 0 Å². The van der Waals surface area contributed by atoms with Crippen molar-refractivity contribution in [3.63, 3.8) is 0 Å². The van der Waals surface area contributed by atoms with Crippen LogP contribution in [-0.4, -0.2) is 79.3 Å². The first-order valence-corrected chi connectivity index (χ1v) is 12.4. The van der Waals surface area contributed by atoms with Gasteiger partial charge in [-0.3, -0.25) is 9.09 Å². The van der Waals surface area contributed by atoms with Gasteiger partial charge in [0.25, 0.3) is 0 Å². The standard InChI is InChI=1S/C10H15N4O14P3/c15-6-4(1-25-31(24,27-29(18,19)20)28-30(21,22)23)26-10(7(6)16)14-3-13-5-8(14)11-2-12-9(5)17/h2-4,6-7,10,15-16H,1H2,(H,11,12,17)(H2,18,19,20)(H2,21,22,23)/t4-,6-,7-,10-/m1/s1. The molecule has 0 saturated carbocycles. The minimum absolute atomic E-state index is 0.00524. The molecule has 18 nitrogen and oxygen atoms in total. The number of ether oxygens (including phenoxy) is 1. The van der Waals surface area contributed by atoms with Gasteiger partial charge in [-0.15, -0.1) is 0 Å². The van der Waals surface area contributed by atoms with Gasteiger partial charge >= 0.3 is 23.5 Å². The van der Waals surface area contributed by atoms with Gasteiger partial charge in [-0.1, -0.05) is 0 Å². The van der Waals surface area contributed by atoms with Crippen molar-refractivity contribution in [2.75, 3.05) is 6.61 Å². The molecule has 0 aromatic carbocycles. The van der Waals surface area contributed by atoms with E-state index in [0.29, 0.717) is 0 Å². The van der Waals surface area contributed by atoms with Crippen LogP contribution in [0.25, 0.3) is 11.2 Å². The van der Waals surface area contributed by atoms with Crippen LogP contribution in [0.1, 0.15) is 6.23 Å². The largest absolute Gasteiger partial charge is 0.492 e. The summed E-state index contributed by atoms with van der Waals surface area (Å²) >= 11 is 0. The summed E-state index contributed by atoms with van der Waals surface area (Å²) in [5.41, 5.74) is -0.0484. The number of fused-ring (bicyclic) bond motifs is 1. The molecule has 1 fully saturated rings. The summed E-state index contributed by atoms with van der Waals surface area (Å²) in [4.78, 5) is 46.3. The number of imidazole rings is 1. The SMILES string of the molecule is O=P(O)(O)OP(=O)(OC[C@H]1O[C@@H](n2cnc3c(O)ncnc32)[C@H](O)[C@@H]1O)OP(=O)(O)O. The van der Waals surface area contributed by atoms with Crippen LogP contribution < -0.4 is 0 Å². The molecule has 4 atom stereocenters. The van der Waals surface area contributed by atoms with E-state index < -0.39 is 60.5 Å². The van der Waals surface area contributed by atoms with Crippen LogP contribution in [0.4, 0.5) is 0 Å². The molecule has 1 aliphatic rings. The molecular weight excluding hydrogens is 493 g/mol. The molecule has 0 spiro atoms. The third kappa shape index (κ3) is 5.71. The molecule has 0 unspecified atom stereocenters. The van der Waals surface area contributed by atoms with Gasteiger partial charge in [0.2, 0.25) is 5.88 Å². The fraction of sp³-hybridized carbons (Fsp3) is 0.500. The van der Waals surface area contributed by atoms with E-state index in [-0.39, 0.29) is 11.2 Å². The number of aliphatic hydroxyl groups excluding tert-OH is 2. The van der Waals surface area contributed by atoms with Crippen LogP contribution >= 0.6 is 23.5 Å². The first-order chi connectivity index (χ1) is 14.2. The van der Waals surface area contributed by atoms with Crippen molar-refractivity contribution < 1.29 is 66.5 Å². The predicted octanol–water partition coefficient (Wildman–Crippen LogP) is -1.51. The third-order valence-corrected chi connectivity index (χ3v) is 7.53. The van der Waals surface area contributed by atoms with Crippen LogP contribution in [-0.2, 0) is 31.6 Å². The third-order valence-electron chi connectivity index (χ3n) is 3.76. The van der Waals surface area contributed by atoms with E-state index in [1.165, 1.54) is 0 Å². The zero-order valence-electron chi connectivity index (χ0n) is 14.8. The maximum Gasteiger partial charge on any atom is 0.492 e. The van der Waals surface area contributed by atoms with Crippen molar-refractivity contribution >= 4 is 34.6 Å². The molecule has 0 amide bonds. The maximum absolute atomic E-state index is 12.2. The average Bonchev–Trinajstić information content (AvgIpc) is 3.13. The van der Waals surface area contributed by atoms with E-state index in [1.54, 1.807) is 0 Å². The van der Waals surface area contributed by atoms with Gasteiger partial charge in [0.1, 0.15) is 24.6 Å².